The van der Waals surface area contributed by atoms with Gasteiger partial charge in [-0.3, -0.25) is 14.2 Å². The molecule has 1 amide bonds. The molecule has 0 aliphatic heterocycles. The van der Waals surface area contributed by atoms with Gasteiger partial charge in [-0.05, 0) is 26.8 Å². The summed E-state index contributed by atoms with van der Waals surface area (Å²) in [5.74, 6) is -0.127. The third-order valence-electron chi connectivity index (χ3n) is 3.00. The molecule has 0 aliphatic rings. The molecule has 0 radical (unpaired) electrons. The van der Waals surface area contributed by atoms with E-state index in [0.29, 0.717) is 5.56 Å². The SMILES string of the molecule is CCn1cc(C(=O)NC(C)c2ccn(CC)n2)cn1. The average Bonchev–Trinajstić information content (AvgIpc) is 3.07. The van der Waals surface area contributed by atoms with Crippen LogP contribution in [0.4, 0.5) is 0 Å². The molecule has 6 heteroatoms. The van der Waals surface area contributed by atoms with Crippen LogP contribution in [0.2, 0.25) is 0 Å². The van der Waals surface area contributed by atoms with Crippen LogP contribution in [-0.2, 0) is 13.1 Å². The van der Waals surface area contributed by atoms with E-state index in [1.165, 1.54) is 0 Å². The second kappa shape index (κ2) is 5.69. The zero-order valence-electron chi connectivity index (χ0n) is 11.5. The van der Waals surface area contributed by atoms with Crippen molar-refractivity contribution < 1.29 is 4.79 Å². The van der Waals surface area contributed by atoms with Gasteiger partial charge in [0, 0.05) is 25.5 Å². The number of amides is 1. The van der Waals surface area contributed by atoms with Crippen molar-refractivity contribution in [1.82, 2.24) is 24.9 Å². The van der Waals surface area contributed by atoms with Gasteiger partial charge < -0.3 is 5.32 Å². The molecule has 0 saturated heterocycles. The van der Waals surface area contributed by atoms with Gasteiger partial charge in [0.05, 0.1) is 23.5 Å². The molecule has 19 heavy (non-hydrogen) atoms. The van der Waals surface area contributed by atoms with Crippen LogP contribution in [0, 0.1) is 0 Å². The summed E-state index contributed by atoms with van der Waals surface area (Å²) in [4.78, 5) is 12.0. The lowest BCUT2D eigenvalue weighted by Crippen LogP contribution is -2.26. The molecule has 0 aromatic carbocycles. The summed E-state index contributed by atoms with van der Waals surface area (Å²) in [7, 11) is 0. The van der Waals surface area contributed by atoms with Crippen molar-refractivity contribution in [3.63, 3.8) is 0 Å². The second-order valence-electron chi connectivity index (χ2n) is 4.38. The fourth-order valence-corrected chi connectivity index (χ4v) is 1.79. The first-order valence-electron chi connectivity index (χ1n) is 6.50. The molecule has 0 fully saturated rings. The van der Waals surface area contributed by atoms with Gasteiger partial charge >= 0.3 is 0 Å². The highest BCUT2D eigenvalue weighted by atomic mass is 16.1. The quantitative estimate of drug-likeness (QED) is 0.889. The minimum atomic E-state index is -0.127. The van der Waals surface area contributed by atoms with Gasteiger partial charge in [0.15, 0.2) is 0 Å². The minimum absolute atomic E-state index is 0.120. The Morgan fingerprint density at radius 3 is 2.68 bits per heavy atom. The van der Waals surface area contributed by atoms with Crippen molar-refractivity contribution in [1.29, 1.82) is 0 Å². The van der Waals surface area contributed by atoms with E-state index in [2.05, 4.69) is 15.5 Å². The molecule has 0 spiro atoms. The van der Waals surface area contributed by atoms with Crippen molar-refractivity contribution >= 4 is 5.91 Å². The molecule has 2 rings (SSSR count). The maximum Gasteiger partial charge on any atom is 0.254 e. The second-order valence-corrected chi connectivity index (χ2v) is 4.38. The first-order valence-corrected chi connectivity index (χ1v) is 6.50. The number of hydrogen-bond acceptors (Lipinski definition) is 3. The van der Waals surface area contributed by atoms with E-state index >= 15 is 0 Å². The number of nitrogens with one attached hydrogen (secondary N) is 1. The van der Waals surface area contributed by atoms with Crippen LogP contribution < -0.4 is 5.32 Å². The number of carbonyl (C=O) groups is 1. The molecular weight excluding hydrogens is 242 g/mol. The van der Waals surface area contributed by atoms with E-state index in [1.807, 2.05) is 37.7 Å². The largest absolute Gasteiger partial charge is 0.344 e. The molecule has 102 valence electrons. The van der Waals surface area contributed by atoms with Crippen LogP contribution in [0.3, 0.4) is 0 Å². The summed E-state index contributed by atoms with van der Waals surface area (Å²) in [6, 6.07) is 1.80. The van der Waals surface area contributed by atoms with Crippen LogP contribution in [0.5, 0.6) is 0 Å². The molecule has 6 nitrogen and oxygen atoms in total. The third-order valence-corrected chi connectivity index (χ3v) is 3.00. The maximum atomic E-state index is 12.0. The van der Waals surface area contributed by atoms with Gasteiger partial charge in [-0.1, -0.05) is 0 Å². The van der Waals surface area contributed by atoms with E-state index in [1.54, 1.807) is 17.1 Å². The van der Waals surface area contributed by atoms with Gasteiger partial charge in [0.25, 0.3) is 5.91 Å². The summed E-state index contributed by atoms with van der Waals surface area (Å²) in [6.45, 7) is 7.51. The molecule has 1 unspecified atom stereocenters. The van der Waals surface area contributed by atoms with Gasteiger partial charge in [-0.25, -0.2) is 0 Å². The molecule has 0 saturated carbocycles. The van der Waals surface area contributed by atoms with Crippen LogP contribution in [0.15, 0.2) is 24.7 Å². The van der Waals surface area contributed by atoms with Crippen LogP contribution in [0.25, 0.3) is 0 Å². The fraction of sp³-hybridized carbons (Fsp3) is 0.462. The number of rotatable bonds is 5. The fourth-order valence-electron chi connectivity index (χ4n) is 1.79. The summed E-state index contributed by atoms with van der Waals surface area (Å²) in [5.41, 5.74) is 1.43. The van der Waals surface area contributed by atoms with Crippen molar-refractivity contribution in [2.45, 2.75) is 39.9 Å². The van der Waals surface area contributed by atoms with Gasteiger partial charge in [-0.15, -0.1) is 0 Å². The van der Waals surface area contributed by atoms with Crippen LogP contribution in [-0.4, -0.2) is 25.5 Å². The smallest absolute Gasteiger partial charge is 0.254 e. The monoisotopic (exact) mass is 261 g/mol. The Hall–Kier alpha value is -2.11. The van der Waals surface area contributed by atoms with Crippen molar-refractivity contribution in [3.8, 4) is 0 Å². The van der Waals surface area contributed by atoms with Crippen molar-refractivity contribution in [2.24, 2.45) is 0 Å². The number of aromatic nitrogens is 4. The lowest BCUT2D eigenvalue weighted by molar-refractivity contribution is 0.0939. The Morgan fingerprint density at radius 2 is 2.11 bits per heavy atom. The first-order chi connectivity index (χ1) is 9.13. The molecular formula is C13H19N5O. The molecule has 2 heterocycles. The molecule has 0 aliphatic carbocycles. The zero-order chi connectivity index (χ0) is 13.8. The van der Waals surface area contributed by atoms with Crippen LogP contribution >= 0.6 is 0 Å². The predicted octanol–water partition coefficient (Wildman–Crippen LogP) is 1.61. The Morgan fingerprint density at radius 1 is 1.37 bits per heavy atom. The number of nitrogens with zero attached hydrogens (tertiary/aromatic N) is 4. The highest BCUT2D eigenvalue weighted by Crippen LogP contribution is 2.10. The summed E-state index contributed by atoms with van der Waals surface area (Å²) in [5, 5.41) is 11.4. The molecule has 1 atom stereocenters. The normalized spacial score (nSPS) is 12.4. The highest BCUT2D eigenvalue weighted by molar-refractivity contribution is 5.93. The van der Waals surface area contributed by atoms with Crippen LogP contribution in [0.1, 0.15) is 42.9 Å². The highest BCUT2D eigenvalue weighted by Gasteiger charge is 2.14. The van der Waals surface area contributed by atoms with E-state index in [4.69, 9.17) is 0 Å². The van der Waals surface area contributed by atoms with Gasteiger partial charge in [0.2, 0.25) is 0 Å². The number of aryl methyl sites for hydroxylation is 2. The molecule has 0 bridgehead atoms. The van der Waals surface area contributed by atoms with E-state index in [9.17, 15) is 4.79 Å². The Bertz CT molecular complexity index is 557. The zero-order valence-corrected chi connectivity index (χ0v) is 11.5. The lowest BCUT2D eigenvalue weighted by Gasteiger charge is -2.10. The van der Waals surface area contributed by atoms with E-state index < -0.39 is 0 Å². The average molecular weight is 261 g/mol. The van der Waals surface area contributed by atoms with E-state index in [-0.39, 0.29) is 11.9 Å². The summed E-state index contributed by atoms with van der Waals surface area (Å²) < 4.78 is 3.57. The lowest BCUT2D eigenvalue weighted by atomic mass is 10.2. The summed E-state index contributed by atoms with van der Waals surface area (Å²) in [6.07, 6.45) is 5.23. The van der Waals surface area contributed by atoms with Gasteiger partial charge in [0.1, 0.15) is 0 Å². The first kappa shape index (κ1) is 13.3. The van der Waals surface area contributed by atoms with Crippen molar-refractivity contribution in [3.05, 3.63) is 35.9 Å². The van der Waals surface area contributed by atoms with Crippen molar-refractivity contribution in [2.75, 3.05) is 0 Å². The standard InChI is InChI=1S/C13H19N5O/c1-4-17-7-6-12(16-17)10(3)15-13(19)11-8-14-18(5-2)9-11/h6-10H,4-5H2,1-3H3,(H,15,19). The molecule has 2 aromatic heterocycles. The minimum Gasteiger partial charge on any atom is -0.344 e. The number of carbonyl (C=O) groups excluding carboxylic acids is 1. The Labute approximate surface area is 112 Å². The predicted molar refractivity (Wildman–Crippen MR) is 71.7 cm³/mol. The van der Waals surface area contributed by atoms with Gasteiger partial charge in [-0.2, -0.15) is 10.2 Å². The van der Waals surface area contributed by atoms with E-state index in [0.717, 1.165) is 18.8 Å². The Kier molecular flexibility index (Phi) is 3.99. The molecule has 1 N–H and O–H groups in total. The molecule has 2 aromatic rings. The number of hydrogen-bond donors (Lipinski definition) is 1. The summed E-state index contributed by atoms with van der Waals surface area (Å²) >= 11 is 0. The third kappa shape index (κ3) is 3.01. The topological polar surface area (TPSA) is 64.7 Å². The maximum absolute atomic E-state index is 12.0. The Balaban J connectivity index is 2.01.